The van der Waals surface area contributed by atoms with Gasteiger partial charge < -0.3 is 14.9 Å². The number of para-hydroxylation sites is 1. The Morgan fingerprint density at radius 3 is 2.60 bits per heavy atom. The van der Waals surface area contributed by atoms with Crippen molar-refractivity contribution in [2.24, 2.45) is 0 Å². The second-order valence-corrected chi connectivity index (χ2v) is 4.83. The van der Waals surface area contributed by atoms with E-state index in [1.165, 1.54) is 23.8 Å². The van der Waals surface area contributed by atoms with Crippen LogP contribution in [0.5, 0.6) is 0 Å². The summed E-state index contributed by atoms with van der Waals surface area (Å²) in [5.74, 6) is -2.15. The number of anilines is 1. The fourth-order valence-corrected chi connectivity index (χ4v) is 2.25. The maximum atomic E-state index is 12.2. The van der Waals surface area contributed by atoms with Gasteiger partial charge >= 0.3 is 5.97 Å². The minimum Gasteiger partial charge on any atom is -0.481 e. The summed E-state index contributed by atoms with van der Waals surface area (Å²) in [4.78, 5) is 37.4. The molecule has 0 spiro atoms. The van der Waals surface area contributed by atoms with Gasteiger partial charge in [-0.25, -0.2) is 0 Å². The van der Waals surface area contributed by atoms with E-state index in [1.807, 2.05) is 0 Å². The molecule has 0 saturated carbocycles. The highest BCUT2D eigenvalue weighted by Gasteiger charge is 2.36. The van der Waals surface area contributed by atoms with Gasteiger partial charge in [-0.05, 0) is 11.6 Å². The molecule has 0 fully saturated rings. The molecule has 6 nitrogen and oxygen atoms in total. The molecule has 1 aromatic carbocycles. The molecule has 106 valence electrons. The van der Waals surface area contributed by atoms with E-state index in [1.54, 1.807) is 24.3 Å². The first-order valence-electron chi connectivity index (χ1n) is 6.25. The highest BCUT2D eigenvalue weighted by atomic mass is 16.4. The predicted molar refractivity (Wildman–Crippen MR) is 72.5 cm³/mol. The Hall–Kier alpha value is -2.37. The van der Waals surface area contributed by atoms with Gasteiger partial charge in [-0.15, -0.1) is 0 Å². The van der Waals surface area contributed by atoms with Crippen molar-refractivity contribution in [3.05, 3.63) is 29.8 Å². The van der Waals surface area contributed by atoms with Crippen LogP contribution in [-0.4, -0.2) is 47.9 Å². The van der Waals surface area contributed by atoms with Gasteiger partial charge in [0.25, 0.3) is 0 Å². The summed E-state index contributed by atoms with van der Waals surface area (Å²) in [6, 6.07) is 6.96. The SMILES string of the molecule is CC(=O)N(C)CC(=O)N1CC(C(=O)O)c2ccccc21. The lowest BCUT2D eigenvalue weighted by molar-refractivity contribution is -0.138. The van der Waals surface area contributed by atoms with Crippen LogP contribution in [0.1, 0.15) is 18.4 Å². The minimum absolute atomic E-state index is 0.0595. The van der Waals surface area contributed by atoms with Gasteiger partial charge in [0, 0.05) is 26.2 Å². The predicted octanol–water partition coefficient (Wildman–Crippen LogP) is 0.680. The number of carbonyl (C=O) groups excluding carboxylic acids is 2. The fraction of sp³-hybridized carbons (Fsp3) is 0.357. The van der Waals surface area contributed by atoms with Crippen LogP contribution >= 0.6 is 0 Å². The molecule has 1 aliphatic rings. The van der Waals surface area contributed by atoms with Crippen molar-refractivity contribution < 1.29 is 19.5 Å². The standard InChI is InChI=1S/C14H16N2O4/c1-9(17)15(2)8-13(18)16-7-11(14(19)20)10-5-3-4-6-12(10)16/h3-6,11H,7-8H2,1-2H3,(H,19,20). The molecule has 2 amide bonds. The summed E-state index contributed by atoms with van der Waals surface area (Å²) in [6.45, 7) is 1.43. The number of fused-ring (bicyclic) bond motifs is 1. The largest absolute Gasteiger partial charge is 0.481 e. The summed E-state index contributed by atoms with van der Waals surface area (Å²) in [5, 5.41) is 9.23. The second-order valence-electron chi connectivity index (χ2n) is 4.83. The van der Waals surface area contributed by atoms with Crippen molar-refractivity contribution in [1.82, 2.24) is 4.90 Å². The lowest BCUT2D eigenvalue weighted by Gasteiger charge is -2.21. The Bertz CT molecular complexity index is 570. The molecule has 1 heterocycles. The number of aliphatic carboxylic acids is 1. The van der Waals surface area contributed by atoms with Gasteiger partial charge in [0.15, 0.2) is 0 Å². The van der Waals surface area contributed by atoms with E-state index in [2.05, 4.69) is 0 Å². The molecule has 1 atom stereocenters. The van der Waals surface area contributed by atoms with Crippen LogP contribution in [-0.2, 0) is 14.4 Å². The Morgan fingerprint density at radius 2 is 2.00 bits per heavy atom. The van der Waals surface area contributed by atoms with Crippen LogP contribution in [0, 0.1) is 0 Å². The van der Waals surface area contributed by atoms with Gasteiger partial charge in [0.2, 0.25) is 11.8 Å². The van der Waals surface area contributed by atoms with Crippen LogP contribution in [0.2, 0.25) is 0 Å². The molecule has 6 heteroatoms. The first-order chi connectivity index (χ1) is 9.41. The number of likely N-dealkylation sites (N-methyl/N-ethyl adjacent to an activating group) is 1. The summed E-state index contributed by atoms with van der Waals surface area (Å²) >= 11 is 0. The van der Waals surface area contributed by atoms with E-state index in [4.69, 9.17) is 0 Å². The van der Waals surface area contributed by atoms with Crippen LogP contribution in [0.3, 0.4) is 0 Å². The number of carbonyl (C=O) groups is 3. The second kappa shape index (κ2) is 5.32. The van der Waals surface area contributed by atoms with E-state index in [9.17, 15) is 19.5 Å². The molecule has 1 aromatic rings. The summed E-state index contributed by atoms with van der Waals surface area (Å²) in [6.07, 6.45) is 0. The Kier molecular flexibility index (Phi) is 3.74. The Labute approximate surface area is 116 Å². The van der Waals surface area contributed by atoms with Crippen LogP contribution in [0.4, 0.5) is 5.69 Å². The van der Waals surface area contributed by atoms with Gasteiger partial charge in [0.1, 0.15) is 5.92 Å². The number of carboxylic acid groups (broad SMARTS) is 1. The van der Waals surface area contributed by atoms with E-state index < -0.39 is 11.9 Å². The zero-order valence-electron chi connectivity index (χ0n) is 11.4. The zero-order valence-corrected chi connectivity index (χ0v) is 11.4. The number of carboxylic acids is 1. The smallest absolute Gasteiger partial charge is 0.312 e. The van der Waals surface area contributed by atoms with Crippen LogP contribution < -0.4 is 4.90 Å². The average Bonchev–Trinajstić information content (AvgIpc) is 2.78. The monoisotopic (exact) mass is 276 g/mol. The van der Waals surface area contributed by atoms with Crippen molar-refractivity contribution in [3.8, 4) is 0 Å². The number of nitrogens with zero attached hydrogens (tertiary/aromatic N) is 2. The first kappa shape index (κ1) is 14.0. The molecular weight excluding hydrogens is 260 g/mol. The number of benzene rings is 1. The molecule has 1 N–H and O–H groups in total. The first-order valence-corrected chi connectivity index (χ1v) is 6.25. The third-order valence-corrected chi connectivity index (χ3v) is 3.48. The van der Waals surface area contributed by atoms with Crippen LogP contribution in [0.15, 0.2) is 24.3 Å². The summed E-state index contributed by atoms with van der Waals surface area (Å²) in [5.41, 5.74) is 1.25. The maximum absolute atomic E-state index is 12.2. The normalized spacial score (nSPS) is 16.7. The highest BCUT2D eigenvalue weighted by molar-refractivity contribution is 6.00. The van der Waals surface area contributed by atoms with Crippen LogP contribution in [0.25, 0.3) is 0 Å². The molecule has 1 aliphatic heterocycles. The molecular formula is C14H16N2O4. The van der Waals surface area contributed by atoms with E-state index in [0.29, 0.717) is 11.3 Å². The maximum Gasteiger partial charge on any atom is 0.312 e. The Balaban J connectivity index is 2.24. The minimum atomic E-state index is -0.951. The number of hydrogen-bond acceptors (Lipinski definition) is 3. The van der Waals surface area contributed by atoms with E-state index in [0.717, 1.165) is 0 Å². The van der Waals surface area contributed by atoms with E-state index >= 15 is 0 Å². The van der Waals surface area contributed by atoms with Gasteiger partial charge in [-0.1, -0.05) is 18.2 Å². The van der Waals surface area contributed by atoms with Crippen molar-refractivity contribution in [3.63, 3.8) is 0 Å². The van der Waals surface area contributed by atoms with Crippen molar-refractivity contribution in [2.45, 2.75) is 12.8 Å². The molecule has 0 aromatic heterocycles. The van der Waals surface area contributed by atoms with Gasteiger partial charge in [0.05, 0.1) is 6.54 Å². The zero-order chi connectivity index (χ0) is 14.9. The molecule has 20 heavy (non-hydrogen) atoms. The molecule has 2 rings (SSSR count). The quantitative estimate of drug-likeness (QED) is 0.880. The van der Waals surface area contributed by atoms with Crippen molar-refractivity contribution >= 4 is 23.5 Å². The highest BCUT2D eigenvalue weighted by Crippen LogP contribution is 2.36. The van der Waals surface area contributed by atoms with Gasteiger partial charge in [-0.3, -0.25) is 14.4 Å². The summed E-state index contributed by atoms with van der Waals surface area (Å²) in [7, 11) is 1.54. The lowest BCUT2D eigenvalue weighted by atomic mass is 10.0. The summed E-state index contributed by atoms with van der Waals surface area (Å²) < 4.78 is 0. The molecule has 0 radical (unpaired) electrons. The third-order valence-electron chi connectivity index (χ3n) is 3.48. The number of amides is 2. The molecule has 1 unspecified atom stereocenters. The molecule has 0 saturated heterocycles. The molecule has 0 bridgehead atoms. The fourth-order valence-electron chi connectivity index (χ4n) is 2.25. The van der Waals surface area contributed by atoms with E-state index in [-0.39, 0.29) is 24.9 Å². The average molecular weight is 276 g/mol. The van der Waals surface area contributed by atoms with Gasteiger partial charge in [-0.2, -0.15) is 0 Å². The lowest BCUT2D eigenvalue weighted by Crippen LogP contribution is -2.40. The van der Waals surface area contributed by atoms with Crippen molar-refractivity contribution in [1.29, 1.82) is 0 Å². The topological polar surface area (TPSA) is 77.9 Å². The third kappa shape index (κ3) is 2.49. The Morgan fingerprint density at radius 1 is 1.35 bits per heavy atom. The number of rotatable bonds is 3. The molecule has 0 aliphatic carbocycles. The van der Waals surface area contributed by atoms with Crippen molar-refractivity contribution in [2.75, 3.05) is 25.0 Å². The number of hydrogen-bond donors (Lipinski definition) is 1.